The summed E-state index contributed by atoms with van der Waals surface area (Å²) in [5.41, 5.74) is 7.89. The molecule has 0 aliphatic heterocycles. The van der Waals surface area contributed by atoms with Gasteiger partial charge in [0.15, 0.2) is 0 Å². The molecule has 94 valence electrons. The molecule has 0 aliphatic rings. The van der Waals surface area contributed by atoms with Gasteiger partial charge in [0.25, 0.3) is 0 Å². The van der Waals surface area contributed by atoms with E-state index in [-0.39, 0.29) is 6.04 Å². The van der Waals surface area contributed by atoms with Crippen molar-refractivity contribution in [1.29, 1.82) is 0 Å². The van der Waals surface area contributed by atoms with E-state index < -0.39 is 0 Å². The second kappa shape index (κ2) is 5.80. The third kappa shape index (κ3) is 3.18. The summed E-state index contributed by atoms with van der Waals surface area (Å²) in [6.45, 7) is 0. The van der Waals surface area contributed by atoms with Gasteiger partial charge in [0.1, 0.15) is 0 Å². The third-order valence-corrected chi connectivity index (χ3v) is 2.83. The standard InChI is InChI=1S/C13H14ClN3O/c1-18-13-6-5-12(16-17-13)11(15)8-9-3-2-4-10(14)7-9/h2-7,11H,8,15H2,1H3. The maximum Gasteiger partial charge on any atom is 0.233 e. The van der Waals surface area contributed by atoms with Gasteiger partial charge in [0.05, 0.1) is 18.8 Å². The number of aromatic nitrogens is 2. The zero-order valence-corrected chi connectivity index (χ0v) is 10.8. The van der Waals surface area contributed by atoms with Crippen LogP contribution >= 0.6 is 11.6 Å². The summed E-state index contributed by atoms with van der Waals surface area (Å²) in [7, 11) is 1.55. The fourth-order valence-corrected chi connectivity index (χ4v) is 1.87. The highest BCUT2D eigenvalue weighted by molar-refractivity contribution is 6.30. The molecule has 2 N–H and O–H groups in total. The molecule has 1 aromatic carbocycles. The van der Waals surface area contributed by atoms with E-state index in [1.54, 1.807) is 13.2 Å². The van der Waals surface area contributed by atoms with Crippen LogP contribution in [0.1, 0.15) is 17.3 Å². The minimum absolute atomic E-state index is 0.207. The van der Waals surface area contributed by atoms with Gasteiger partial charge in [0.2, 0.25) is 5.88 Å². The molecule has 1 heterocycles. The first-order chi connectivity index (χ1) is 8.69. The Bertz CT molecular complexity index is 516. The number of nitrogens with zero attached hydrogens (tertiary/aromatic N) is 2. The van der Waals surface area contributed by atoms with Crippen molar-refractivity contribution in [3.8, 4) is 5.88 Å². The summed E-state index contributed by atoms with van der Waals surface area (Å²) in [5.74, 6) is 0.480. The molecule has 1 aromatic heterocycles. The Morgan fingerprint density at radius 1 is 1.28 bits per heavy atom. The maximum absolute atomic E-state index is 6.08. The van der Waals surface area contributed by atoms with Crippen LogP contribution < -0.4 is 10.5 Å². The molecule has 4 nitrogen and oxygen atoms in total. The van der Waals surface area contributed by atoms with Gasteiger partial charge in [-0.3, -0.25) is 0 Å². The molecule has 0 aliphatic carbocycles. The van der Waals surface area contributed by atoms with Crippen molar-refractivity contribution >= 4 is 11.6 Å². The molecule has 0 bridgehead atoms. The van der Waals surface area contributed by atoms with E-state index in [0.717, 1.165) is 11.3 Å². The van der Waals surface area contributed by atoms with E-state index >= 15 is 0 Å². The van der Waals surface area contributed by atoms with Crippen molar-refractivity contribution in [2.24, 2.45) is 5.73 Å². The molecular formula is C13H14ClN3O. The number of benzene rings is 1. The Morgan fingerprint density at radius 3 is 2.72 bits per heavy atom. The Morgan fingerprint density at radius 2 is 2.11 bits per heavy atom. The number of methoxy groups -OCH3 is 1. The van der Waals surface area contributed by atoms with Crippen molar-refractivity contribution in [3.63, 3.8) is 0 Å². The lowest BCUT2D eigenvalue weighted by atomic mass is 10.0. The van der Waals surface area contributed by atoms with Crippen LogP contribution in [0.15, 0.2) is 36.4 Å². The summed E-state index contributed by atoms with van der Waals surface area (Å²) < 4.78 is 4.95. The van der Waals surface area contributed by atoms with Crippen LogP contribution in [0, 0.1) is 0 Å². The number of hydrogen-bond donors (Lipinski definition) is 1. The minimum Gasteiger partial charge on any atom is -0.480 e. The molecule has 1 atom stereocenters. The highest BCUT2D eigenvalue weighted by atomic mass is 35.5. The van der Waals surface area contributed by atoms with E-state index in [1.165, 1.54) is 0 Å². The smallest absolute Gasteiger partial charge is 0.233 e. The van der Waals surface area contributed by atoms with Crippen LogP contribution in [0.4, 0.5) is 0 Å². The van der Waals surface area contributed by atoms with Gasteiger partial charge >= 0.3 is 0 Å². The first kappa shape index (κ1) is 12.8. The van der Waals surface area contributed by atoms with E-state index in [0.29, 0.717) is 17.3 Å². The monoisotopic (exact) mass is 263 g/mol. The predicted octanol–water partition coefficient (Wildman–Crippen LogP) is 2.38. The van der Waals surface area contributed by atoms with Crippen LogP contribution in [-0.4, -0.2) is 17.3 Å². The first-order valence-electron chi connectivity index (χ1n) is 5.56. The molecule has 18 heavy (non-hydrogen) atoms. The fourth-order valence-electron chi connectivity index (χ4n) is 1.66. The van der Waals surface area contributed by atoms with E-state index in [2.05, 4.69) is 10.2 Å². The zero-order chi connectivity index (χ0) is 13.0. The van der Waals surface area contributed by atoms with Crippen LogP contribution in [0.3, 0.4) is 0 Å². The van der Waals surface area contributed by atoms with Crippen LogP contribution in [0.25, 0.3) is 0 Å². The summed E-state index contributed by atoms with van der Waals surface area (Å²) >= 11 is 5.93. The first-order valence-corrected chi connectivity index (χ1v) is 5.94. The second-order valence-electron chi connectivity index (χ2n) is 3.94. The summed E-state index contributed by atoms with van der Waals surface area (Å²) in [6.07, 6.45) is 0.668. The molecule has 0 fully saturated rings. The number of nitrogens with two attached hydrogens (primary N) is 1. The number of halogens is 1. The van der Waals surface area contributed by atoms with E-state index in [4.69, 9.17) is 22.1 Å². The minimum atomic E-state index is -0.207. The second-order valence-corrected chi connectivity index (χ2v) is 4.38. The Labute approximate surface area is 111 Å². The Balaban J connectivity index is 2.09. The highest BCUT2D eigenvalue weighted by Crippen LogP contribution is 2.17. The molecule has 0 saturated carbocycles. The Kier molecular flexibility index (Phi) is 4.12. The summed E-state index contributed by atoms with van der Waals surface area (Å²) in [6, 6.07) is 11.0. The van der Waals surface area contributed by atoms with Crippen LogP contribution in [0.2, 0.25) is 5.02 Å². The van der Waals surface area contributed by atoms with Gasteiger partial charge in [-0.1, -0.05) is 23.7 Å². The molecule has 0 radical (unpaired) electrons. The lowest BCUT2D eigenvalue weighted by Gasteiger charge is -2.11. The largest absolute Gasteiger partial charge is 0.480 e. The summed E-state index contributed by atoms with van der Waals surface area (Å²) in [5, 5.41) is 8.64. The topological polar surface area (TPSA) is 61.0 Å². The number of rotatable bonds is 4. The fraction of sp³-hybridized carbons (Fsp3) is 0.231. The van der Waals surface area contributed by atoms with Gasteiger partial charge in [0, 0.05) is 11.1 Å². The third-order valence-electron chi connectivity index (χ3n) is 2.59. The molecule has 2 rings (SSSR count). The molecule has 0 amide bonds. The normalized spacial score (nSPS) is 12.2. The lowest BCUT2D eigenvalue weighted by Crippen LogP contribution is -2.15. The Hall–Kier alpha value is -1.65. The van der Waals surface area contributed by atoms with Gasteiger partial charge in [-0.15, -0.1) is 5.10 Å². The van der Waals surface area contributed by atoms with E-state index in [1.807, 2.05) is 30.3 Å². The van der Waals surface area contributed by atoms with Crippen LogP contribution in [-0.2, 0) is 6.42 Å². The van der Waals surface area contributed by atoms with Gasteiger partial charge in [-0.2, -0.15) is 5.10 Å². The van der Waals surface area contributed by atoms with Crippen molar-refractivity contribution in [1.82, 2.24) is 10.2 Å². The quantitative estimate of drug-likeness (QED) is 0.920. The van der Waals surface area contributed by atoms with Gasteiger partial charge < -0.3 is 10.5 Å². The van der Waals surface area contributed by atoms with E-state index in [9.17, 15) is 0 Å². The average molecular weight is 264 g/mol. The molecule has 0 saturated heterocycles. The van der Waals surface area contributed by atoms with Crippen LogP contribution in [0.5, 0.6) is 5.88 Å². The SMILES string of the molecule is COc1ccc(C(N)Cc2cccc(Cl)c2)nn1. The van der Waals surface area contributed by atoms with Crippen molar-refractivity contribution in [3.05, 3.63) is 52.7 Å². The van der Waals surface area contributed by atoms with Crippen molar-refractivity contribution in [2.75, 3.05) is 7.11 Å². The average Bonchev–Trinajstić information content (AvgIpc) is 2.39. The zero-order valence-electron chi connectivity index (χ0n) is 10.0. The molecule has 5 heteroatoms. The van der Waals surface area contributed by atoms with Gasteiger partial charge in [-0.25, -0.2) is 0 Å². The number of hydrogen-bond acceptors (Lipinski definition) is 4. The molecule has 1 unspecified atom stereocenters. The van der Waals surface area contributed by atoms with Crippen molar-refractivity contribution < 1.29 is 4.74 Å². The lowest BCUT2D eigenvalue weighted by molar-refractivity contribution is 0.390. The number of ether oxygens (including phenoxy) is 1. The maximum atomic E-state index is 6.08. The van der Waals surface area contributed by atoms with Gasteiger partial charge in [-0.05, 0) is 30.2 Å². The molecule has 0 spiro atoms. The van der Waals surface area contributed by atoms with Crippen molar-refractivity contribution in [2.45, 2.75) is 12.5 Å². The predicted molar refractivity (Wildman–Crippen MR) is 70.7 cm³/mol. The molecule has 2 aromatic rings. The molecular weight excluding hydrogens is 250 g/mol. The summed E-state index contributed by atoms with van der Waals surface area (Å²) in [4.78, 5) is 0. The highest BCUT2D eigenvalue weighted by Gasteiger charge is 2.09.